The monoisotopic (exact) mass is 322 g/mol. The zero-order chi connectivity index (χ0) is 14.0. The van der Waals surface area contributed by atoms with Gasteiger partial charge in [-0.05, 0) is 24.6 Å². The number of carbonyl (C=O) groups excluding carboxylic acids is 1. The molecule has 0 aliphatic carbocycles. The molecule has 1 aromatic carbocycles. The predicted octanol–water partition coefficient (Wildman–Crippen LogP) is 2.26. The van der Waals surface area contributed by atoms with Crippen molar-refractivity contribution in [3.05, 3.63) is 46.2 Å². The van der Waals surface area contributed by atoms with Crippen LogP contribution in [0.1, 0.15) is 29.0 Å². The van der Waals surface area contributed by atoms with E-state index in [1.54, 1.807) is 13.2 Å². The summed E-state index contributed by atoms with van der Waals surface area (Å²) in [6, 6.07) is 7.68. The first-order valence-electron chi connectivity index (χ1n) is 5.83. The van der Waals surface area contributed by atoms with Crippen molar-refractivity contribution in [2.45, 2.75) is 13.0 Å². The van der Waals surface area contributed by atoms with Gasteiger partial charge in [-0.3, -0.25) is 9.48 Å². The van der Waals surface area contributed by atoms with Gasteiger partial charge in [0.1, 0.15) is 0 Å². The number of benzene rings is 1. The van der Waals surface area contributed by atoms with Crippen molar-refractivity contribution >= 4 is 27.5 Å². The fourth-order valence-corrected chi connectivity index (χ4v) is 2.05. The number of halogens is 1. The van der Waals surface area contributed by atoms with Crippen molar-refractivity contribution in [2.24, 2.45) is 7.05 Å². The lowest BCUT2D eigenvalue weighted by Crippen LogP contribution is -2.27. The van der Waals surface area contributed by atoms with Crippen LogP contribution in [-0.2, 0) is 7.05 Å². The summed E-state index contributed by atoms with van der Waals surface area (Å²) in [7, 11) is 1.73. The van der Waals surface area contributed by atoms with E-state index in [9.17, 15) is 4.79 Å². The summed E-state index contributed by atoms with van der Waals surface area (Å²) in [5.74, 6) is -0.270. The van der Waals surface area contributed by atoms with E-state index >= 15 is 0 Å². The van der Waals surface area contributed by atoms with Gasteiger partial charge in [-0.25, -0.2) is 0 Å². The SMILES string of the molecule is C[C@@H](NC(=O)c1nn(C)cc1N)c1ccc(Br)cc1. The number of nitrogens with one attached hydrogen (secondary N) is 1. The lowest BCUT2D eigenvalue weighted by atomic mass is 10.1. The molecule has 2 aromatic rings. The topological polar surface area (TPSA) is 72.9 Å². The molecule has 0 saturated carbocycles. The molecular formula is C13H15BrN4O. The number of carbonyl (C=O) groups is 1. The number of anilines is 1. The molecule has 2 rings (SSSR count). The van der Waals surface area contributed by atoms with E-state index in [0.717, 1.165) is 10.0 Å². The van der Waals surface area contributed by atoms with E-state index in [-0.39, 0.29) is 17.6 Å². The molecule has 1 atom stereocenters. The van der Waals surface area contributed by atoms with Crippen LogP contribution in [-0.4, -0.2) is 15.7 Å². The number of hydrogen-bond acceptors (Lipinski definition) is 3. The number of nitrogen functional groups attached to an aromatic ring is 1. The zero-order valence-corrected chi connectivity index (χ0v) is 12.3. The van der Waals surface area contributed by atoms with Crippen LogP contribution >= 0.6 is 15.9 Å². The Morgan fingerprint density at radius 1 is 1.42 bits per heavy atom. The third-order valence-electron chi connectivity index (χ3n) is 2.79. The highest BCUT2D eigenvalue weighted by Crippen LogP contribution is 2.17. The minimum Gasteiger partial charge on any atom is -0.396 e. The standard InChI is InChI=1S/C13H15BrN4O/c1-8(9-3-5-10(14)6-4-9)16-13(19)12-11(15)7-18(2)17-12/h3-8H,15H2,1-2H3,(H,16,19)/t8-/m1/s1. The van der Waals surface area contributed by atoms with Gasteiger partial charge < -0.3 is 11.1 Å². The minimum absolute atomic E-state index is 0.109. The third-order valence-corrected chi connectivity index (χ3v) is 3.32. The van der Waals surface area contributed by atoms with Crippen LogP contribution in [0.5, 0.6) is 0 Å². The van der Waals surface area contributed by atoms with E-state index in [1.807, 2.05) is 31.2 Å². The molecule has 1 heterocycles. The summed E-state index contributed by atoms with van der Waals surface area (Å²) in [5, 5.41) is 6.92. The minimum atomic E-state index is -0.270. The van der Waals surface area contributed by atoms with Crippen LogP contribution < -0.4 is 11.1 Å². The third kappa shape index (κ3) is 3.14. The maximum Gasteiger partial charge on any atom is 0.274 e. The fraction of sp³-hybridized carbons (Fsp3) is 0.231. The Morgan fingerprint density at radius 2 is 2.05 bits per heavy atom. The molecule has 0 saturated heterocycles. The molecule has 0 unspecified atom stereocenters. The Bertz CT molecular complexity index is 591. The summed E-state index contributed by atoms with van der Waals surface area (Å²) in [5.41, 5.74) is 7.38. The molecule has 0 aliphatic heterocycles. The van der Waals surface area contributed by atoms with Gasteiger partial charge in [0.25, 0.3) is 5.91 Å². The first-order chi connectivity index (χ1) is 8.97. The van der Waals surface area contributed by atoms with E-state index in [0.29, 0.717) is 5.69 Å². The molecule has 0 radical (unpaired) electrons. The highest BCUT2D eigenvalue weighted by Gasteiger charge is 2.16. The fourth-order valence-electron chi connectivity index (χ4n) is 1.78. The quantitative estimate of drug-likeness (QED) is 0.910. The van der Waals surface area contributed by atoms with Gasteiger partial charge in [0, 0.05) is 17.7 Å². The summed E-state index contributed by atoms with van der Waals surface area (Å²) < 4.78 is 2.53. The number of rotatable bonds is 3. The van der Waals surface area contributed by atoms with E-state index < -0.39 is 0 Å². The number of aromatic nitrogens is 2. The largest absolute Gasteiger partial charge is 0.396 e. The van der Waals surface area contributed by atoms with Crippen LogP contribution in [0.4, 0.5) is 5.69 Å². The molecule has 1 aromatic heterocycles. The van der Waals surface area contributed by atoms with Gasteiger partial charge in [0.2, 0.25) is 0 Å². The van der Waals surface area contributed by atoms with Crippen molar-refractivity contribution in [3.8, 4) is 0 Å². The first kappa shape index (κ1) is 13.6. The summed E-state index contributed by atoms with van der Waals surface area (Å²) >= 11 is 3.38. The van der Waals surface area contributed by atoms with Crippen molar-refractivity contribution in [3.63, 3.8) is 0 Å². The number of nitrogens with two attached hydrogens (primary N) is 1. The predicted molar refractivity (Wildman–Crippen MR) is 77.6 cm³/mol. The molecule has 5 nitrogen and oxygen atoms in total. The van der Waals surface area contributed by atoms with Gasteiger partial charge in [-0.15, -0.1) is 0 Å². The average molecular weight is 323 g/mol. The lowest BCUT2D eigenvalue weighted by Gasteiger charge is -2.13. The van der Waals surface area contributed by atoms with Crippen LogP contribution in [0.25, 0.3) is 0 Å². The number of amides is 1. The maximum absolute atomic E-state index is 12.1. The highest BCUT2D eigenvalue weighted by molar-refractivity contribution is 9.10. The number of nitrogens with zero attached hydrogens (tertiary/aromatic N) is 2. The molecular weight excluding hydrogens is 308 g/mol. The number of hydrogen-bond donors (Lipinski definition) is 2. The smallest absolute Gasteiger partial charge is 0.274 e. The number of aryl methyl sites for hydroxylation is 1. The molecule has 19 heavy (non-hydrogen) atoms. The normalized spacial score (nSPS) is 12.2. The second-order valence-corrected chi connectivity index (χ2v) is 5.27. The Kier molecular flexibility index (Phi) is 3.90. The molecule has 0 bridgehead atoms. The van der Waals surface area contributed by atoms with Gasteiger partial charge in [-0.1, -0.05) is 28.1 Å². The Labute approximate surface area is 119 Å². The van der Waals surface area contributed by atoms with Crippen LogP contribution in [0, 0.1) is 0 Å². The average Bonchev–Trinajstić information content (AvgIpc) is 2.69. The van der Waals surface area contributed by atoms with Crippen molar-refractivity contribution < 1.29 is 4.79 Å². The van der Waals surface area contributed by atoms with Gasteiger partial charge >= 0.3 is 0 Å². The Hall–Kier alpha value is -1.82. The van der Waals surface area contributed by atoms with Crippen LogP contribution in [0.2, 0.25) is 0 Å². The first-order valence-corrected chi connectivity index (χ1v) is 6.62. The molecule has 6 heteroatoms. The second-order valence-electron chi connectivity index (χ2n) is 4.35. The van der Waals surface area contributed by atoms with Crippen molar-refractivity contribution in [2.75, 3.05) is 5.73 Å². The second kappa shape index (κ2) is 5.44. The van der Waals surface area contributed by atoms with E-state index in [4.69, 9.17) is 5.73 Å². The molecule has 3 N–H and O–H groups in total. The van der Waals surface area contributed by atoms with Crippen LogP contribution in [0.3, 0.4) is 0 Å². The zero-order valence-electron chi connectivity index (χ0n) is 10.7. The summed E-state index contributed by atoms with van der Waals surface area (Å²) in [4.78, 5) is 12.1. The van der Waals surface area contributed by atoms with Crippen LogP contribution in [0.15, 0.2) is 34.9 Å². The molecule has 100 valence electrons. The molecule has 1 amide bonds. The van der Waals surface area contributed by atoms with Crippen molar-refractivity contribution in [1.29, 1.82) is 0 Å². The summed E-state index contributed by atoms with van der Waals surface area (Å²) in [6.07, 6.45) is 1.61. The Balaban J connectivity index is 2.10. The maximum atomic E-state index is 12.1. The van der Waals surface area contributed by atoms with E-state index in [2.05, 4.69) is 26.3 Å². The lowest BCUT2D eigenvalue weighted by molar-refractivity contribution is 0.0935. The Morgan fingerprint density at radius 3 is 2.58 bits per heavy atom. The van der Waals surface area contributed by atoms with Gasteiger partial charge in [0.05, 0.1) is 11.7 Å². The molecule has 0 fully saturated rings. The molecule has 0 aliphatic rings. The van der Waals surface area contributed by atoms with E-state index in [1.165, 1.54) is 4.68 Å². The highest BCUT2D eigenvalue weighted by atomic mass is 79.9. The molecule has 0 spiro atoms. The van der Waals surface area contributed by atoms with Gasteiger partial charge in [-0.2, -0.15) is 5.10 Å². The summed E-state index contributed by atoms with van der Waals surface area (Å²) in [6.45, 7) is 1.92. The van der Waals surface area contributed by atoms with Gasteiger partial charge in [0.15, 0.2) is 5.69 Å². The van der Waals surface area contributed by atoms with Crippen molar-refractivity contribution in [1.82, 2.24) is 15.1 Å².